The molecule has 11 rings (SSSR count). The number of carbonyl (C=O) groups excluding carboxylic acids is 4. The summed E-state index contributed by atoms with van der Waals surface area (Å²) in [5.74, 6) is 1.09. The Bertz CT molecular complexity index is 2700. The standard InChI is InChI=1S/C54H58N4O7S4/c1-8-51-47(59)56(3)52(48(60)55(51)2,67-45(66-51)41-24-28-43(63-6)29-25-41)32-38-20-16-36(17-21-38)14-15-37-18-22-39(23-19-37)33-53-49(61)58(5)54(50(62)57(53)4,35-65-34-40-12-10-9-11-13-40)69-46(68-53)42-26-30-44(64-7)31-27-42/h9-13,16-31,45-46H,8,14-15,32-35H2,1-7H3/t45?,46?,51-,52-,53+,54+/m0/s1. The highest BCUT2D eigenvalue weighted by atomic mass is 32.2. The zero-order chi connectivity index (χ0) is 48.7. The first-order valence-electron chi connectivity index (χ1n) is 23.1. The van der Waals surface area contributed by atoms with Crippen LogP contribution in [-0.4, -0.2) is 112 Å². The van der Waals surface area contributed by atoms with Crippen molar-refractivity contribution in [3.8, 4) is 11.5 Å². The molecular formula is C54H58N4O7S4. The Morgan fingerprint density at radius 2 is 0.812 bits per heavy atom. The second-order valence-electron chi connectivity index (χ2n) is 18.1. The van der Waals surface area contributed by atoms with Gasteiger partial charge in [-0.2, -0.15) is 0 Å². The lowest BCUT2D eigenvalue weighted by Crippen LogP contribution is -2.73. The fourth-order valence-electron chi connectivity index (χ4n) is 9.85. The van der Waals surface area contributed by atoms with Crippen LogP contribution in [0, 0.1) is 0 Å². The third kappa shape index (κ3) is 8.70. The summed E-state index contributed by atoms with van der Waals surface area (Å²) in [7, 11) is 10.3. The van der Waals surface area contributed by atoms with Gasteiger partial charge in [0.25, 0.3) is 23.6 Å². The van der Waals surface area contributed by atoms with Crippen LogP contribution >= 0.6 is 47.0 Å². The van der Waals surface area contributed by atoms with Crippen LogP contribution in [0.3, 0.4) is 0 Å². The molecule has 5 aromatic carbocycles. The lowest BCUT2D eigenvalue weighted by molar-refractivity contribution is -0.166. The number of ether oxygens (including phenoxy) is 3. The molecule has 5 aromatic rings. The van der Waals surface area contributed by atoms with Gasteiger partial charge in [-0.15, -0.1) is 47.0 Å². The first kappa shape index (κ1) is 48.9. The fraction of sp³-hybridized carbons (Fsp3) is 0.370. The van der Waals surface area contributed by atoms with Crippen molar-refractivity contribution in [2.24, 2.45) is 0 Å². The van der Waals surface area contributed by atoms with Crippen molar-refractivity contribution >= 4 is 70.7 Å². The van der Waals surface area contributed by atoms with Crippen LogP contribution in [0.15, 0.2) is 127 Å². The zero-order valence-corrected chi connectivity index (χ0v) is 43.3. The second kappa shape index (κ2) is 19.6. The van der Waals surface area contributed by atoms with Gasteiger partial charge in [0, 0.05) is 41.0 Å². The summed E-state index contributed by atoms with van der Waals surface area (Å²) in [6.07, 6.45) is 2.79. The Hall–Kier alpha value is -5.06. The van der Waals surface area contributed by atoms with Crippen molar-refractivity contribution in [1.82, 2.24) is 19.6 Å². The number of fused-ring (bicyclic) bond motifs is 8. The fourth-order valence-corrected chi connectivity index (χ4v) is 17.5. The number of carbonyl (C=O) groups is 4. The first-order chi connectivity index (χ1) is 33.2. The molecule has 4 bridgehead atoms. The van der Waals surface area contributed by atoms with Gasteiger partial charge in [0.05, 0.1) is 36.6 Å². The molecular weight excluding hydrogens is 945 g/mol. The van der Waals surface area contributed by atoms with Crippen LogP contribution in [0.2, 0.25) is 0 Å². The highest BCUT2D eigenvalue weighted by molar-refractivity contribution is 8.19. The van der Waals surface area contributed by atoms with Crippen LogP contribution in [0.25, 0.3) is 0 Å². The van der Waals surface area contributed by atoms with E-state index < -0.39 is 19.5 Å². The van der Waals surface area contributed by atoms with Crippen LogP contribution < -0.4 is 9.47 Å². The molecule has 69 heavy (non-hydrogen) atoms. The molecule has 0 aliphatic carbocycles. The number of nitrogens with zero attached hydrogens (tertiary/aromatic N) is 4. The molecule has 0 radical (unpaired) electrons. The van der Waals surface area contributed by atoms with Crippen molar-refractivity contribution in [3.05, 3.63) is 166 Å². The average molecular weight is 1000 g/mol. The number of amides is 4. The molecule has 6 heterocycles. The molecule has 15 heteroatoms. The van der Waals surface area contributed by atoms with Crippen molar-refractivity contribution in [1.29, 1.82) is 0 Å². The molecule has 0 saturated carbocycles. The number of aryl methyl sites for hydroxylation is 2. The van der Waals surface area contributed by atoms with E-state index in [-0.39, 0.29) is 39.4 Å². The molecule has 360 valence electrons. The number of methoxy groups -OCH3 is 2. The molecule has 0 aromatic heterocycles. The normalized spacial score (nSPS) is 26.7. The summed E-state index contributed by atoms with van der Waals surface area (Å²) in [5.41, 5.74) is 7.25. The van der Waals surface area contributed by atoms with Gasteiger partial charge in [-0.25, -0.2) is 0 Å². The smallest absolute Gasteiger partial charge is 0.262 e. The maximum atomic E-state index is 14.9. The quantitative estimate of drug-likeness (QED) is 0.0945. The number of rotatable bonds is 16. The summed E-state index contributed by atoms with van der Waals surface area (Å²) >= 11 is 6.10. The van der Waals surface area contributed by atoms with Crippen molar-refractivity contribution < 1.29 is 33.4 Å². The van der Waals surface area contributed by atoms with Gasteiger partial charge in [-0.05, 0) is 82.5 Å². The Balaban J connectivity index is 0.902. The average Bonchev–Trinajstić information content (AvgIpc) is 3.64. The van der Waals surface area contributed by atoms with Crippen LogP contribution in [0.5, 0.6) is 11.5 Å². The Kier molecular flexibility index (Phi) is 13.9. The van der Waals surface area contributed by atoms with Gasteiger partial charge in [0.15, 0.2) is 19.5 Å². The zero-order valence-electron chi connectivity index (χ0n) is 40.0. The van der Waals surface area contributed by atoms with Gasteiger partial charge in [-0.1, -0.05) is 110 Å². The monoisotopic (exact) mass is 1000 g/mol. The Morgan fingerprint density at radius 3 is 1.25 bits per heavy atom. The number of piperazine rings is 2. The van der Waals surface area contributed by atoms with Crippen LogP contribution in [0.4, 0.5) is 0 Å². The molecule has 6 aliphatic heterocycles. The van der Waals surface area contributed by atoms with Gasteiger partial charge < -0.3 is 33.8 Å². The summed E-state index contributed by atoms with van der Waals surface area (Å²) in [4.78, 5) is 60.6. The third-order valence-corrected chi connectivity index (χ3v) is 21.4. The largest absolute Gasteiger partial charge is 0.497 e. The molecule has 6 fully saturated rings. The minimum absolute atomic E-state index is 0.0405. The molecule has 0 N–H and O–H groups in total. The minimum atomic E-state index is -1.27. The molecule has 6 aliphatic rings. The number of likely N-dealkylation sites (N-methyl/N-ethyl adjacent to an activating group) is 4. The Labute approximate surface area is 422 Å². The van der Waals surface area contributed by atoms with Gasteiger partial charge in [-0.3, -0.25) is 19.2 Å². The molecule has 4 amide bonds. The van der Waals surface area contributed by atoms with E-state index in [1.807, 2.05) is 85.8 Å². The van der Waals surface area contributed by atoms with Gasteiger partial charge >= 0.3 is 0 Å². The summed E-state index contributed by atoms with van der Waals surface area (Å²) in [6, 6.07) is 42.4. The van der Waals surface area contributed by atoms with Crippen molar-refractivity contribution in [2.45, 2.75) is 74.3 Å². The highest BCUT2D eigenvalue weighted by Crippen LogP contribution is 2.63. The predicted molar refractivity (Wildman–Crippen MR) is 278 cm³/mol. The third-order valence-electron chi connectivity index (χ3n) is 14.2. The van der Waals surface area contributed by atoms with Crippen molar-refractivity contribution in [3.63, 3.8) is 0 Å². The number of hydrogen-bond acceptors (Lipinski definition) is 11. The van der Waals surface area contributed by atoms with Gasteiger partial charge in [0.1, 0.15) is 11.5 Å². The summed E-state index contributed by atoms with van der Waals surface area (Å²) in [5, 5.41) is 0. The van der Waals surface area contributed by atoms with Crippen molar-refractivity contribution in [2.75, 3.05) is 49.0 Å². The van der Waals surface area contributed by atoms with E-state index in [0.717, 1.165) is 63.3 Å². The van der Waals surface area contributed by atoms with E-state index in [4.69, 9.17) is 14.2 Å². The van der Waals surface area contributed by atoms with Gasteiger partial charge in [0.2, 0.25) is 0 Å². The topological polar surface area (TPSA) is 109 Å². The number of hydrogen-bond donors (Lipinski definition) is 0. The SMILES string of the molecule is CC[C@@]12SC(c3ccc(OC)cc3)S[C@@](Cc3ccc(CCc4ccc(C[C@]56SC(c7ccc(OC)cc7)S[C@](COCc7ccccc7)(C(=O)N5C)N(C)C6=O)cc4)cc3)(C(=O)N1C)N(C)C2=O. The summed E-state index contributed by atoms with van der Waals surface area (Å²) < 4.78 is 16.7. The van der Waals surface area contributed by atoms with E-state index in [0.29, 0.717) is 25.9 Å². The highest BCUT2D eigenvalue weighted by Gasteiger charge is 2.67. The Morgan fingerprint density at radius 1 is 0.449 bits per heavy atom. The molecule has 6 saturated heterocycles. The number of benzene rings is 5. The van der Waals surface area contributed by atoms with E-state index >= 15 is 0 Å². The van der Waals surface area contributed by atoms with Crippen LogP contribution in [0.1, 0.15) is 61.5 Å². The maximum Gasteiger partial charge on any atom is 0.262 e. The molecule has 2 unspecified atom stereocenters. The number of thioether (sulfide) groups is 4. The van der Waals surface area contributed by atoms with E-state index in [9.17, 15) is 19.2 Å². The van der Waals surface area contributed by atoms with E-state index in [2.05, 4.69) is 48.5 Å². The van der Waals surface area contributed by atoms with Crippen LogP contribution in [-0.2, 0) is 56.2 Å². The predicted octanol–water partition coefficient (Wildman–Crippen LogP) is 9.20. The lowest BCUT2D eigenvalue weighted by Gasteiger charge is -2.51. The minimum Gasteiger partial charge on any atom is -0.497 e. The molecule has 6 atom stereocenters. The second-order valence-corrected chi connectivity index (χ2v) is 24.2. The lowest BCUT2D eigenvalue weighted by atomic mass is 9.95. The van der Waals surface area contributed by atoms with E-state index in [1.165, 1.54) is 23.5 Å². The molecule has 0 spiro atoms. The summed E-state index contributed by atoms with van der Waals surface area (Å²) in [6.45, 7) is 2.34. The first-order valence-corrected chi connectivity index (χ1v) is 26.6. The molecule has 11 nitrogen and oxygen atoms in total. The van der Waals surface area contributed by atoms with E-state index in [1.54, 1.807) is 85.5 Å². The maximum absolute atomic E-state index is 14.9.